The minimum absolute atomic E-state index is 0.133. The molecule has 1 aliphatic heterocycles. The molecule has 0 spiro atoms. The molecule has 1 fully saturated rings. The highest BCUT2D eigenvalue weighted by atomic mass is 16.5. The number of aromatic amines is 1. The van der Waals surface area contributed by atoms with Crippen molar-refractivity contribution in [1.29, 1.82) is 0 Å². The second-order valence-corrected chi connectivity index (χ2v) is 8.36. The van der Waals surface area contributed by atoms with E-state index in [4.69, 9.17) is 14.9 Å². The molecule has 1 aliphatic rings. The van der Waals surface area contributed by atoms with E-state index in [-0.39, 0.29) is 17.7 Å². The maximum Gasteiger partial charge on any atom is 0.252 e. The van der Waals surface area contributed by atoms with E-state index in [0.29, 0.717) is 29.0 Å². The summed E-state index contributed by atoms with van der Waals surface area (Å²) in [6.07, 6.45) is 2.99. The molecule has 1 atom stereocenters. The number of ether oxygens (including phenoxy) is 1. The summed E-state index contributed by atoms with van der Waals surface area (Å²) in [7, 11) is 1.53. The number of rotatable bonds is 7. The SMILES string of the molecule is COc1ccc2cc([C@@H](CC(N)=O)c3oc(CN4CCCCC4)cc(=O)c3O)c(=O)[nH]c2c1. The van der Waals surface area contributed by atoms with Crippen molar-refractivity contribution in [3.8, 4) is 11.5 Å². The lowest BCUT2D eigenvalue weighted by Crippen LogP contribution is -2.29. The highest BCUT2D eigenvalue weighted by Crippen LogP contribution is 2.33. The summed E-state index contributed by atoms with van der Waals surface area (Å²) in [5, 5.41) is 11.2. The van der Waals surface area contributed by atoms with Crippen LogP contribution in [0.3, 0.4) is 0 Å². The molecule has 33 heavy (non-hydrogen) atoms. The molecule has 9 heteroatoms. The zero-order chi connectivity index (χ0) is 23.5. The van der Waals surface area contributed by atoms with Crippen molar-refractivity contribution in [3.05, 3.63) is 68.0 Å². The Morgan fingerprint density at radius 2 is 1.97 bits per heavy atom. The number of pyridine rings is 1. The average Bonchev–Trinajstić information content (AvgIpc) is 2.79. The third-order valence-electron chi connectivity index (χ3n) is 6.01. The number of hydrogen-bond acceptors (Lipinski definition) is 7. The van der Waals surface area contributed by atoms with Gasteiger partial charge in [-0.25, -0.2) is 0 Å². The van der Waals surface area contributed by atoms with Crippen LogP contribution in [0.15, 0.2) is 44.3 Å². The van der Waals surface area contributed by atoms with Crippen molar-refractivity contribution in [2.75, 3.05) is 20.2 Å². The maximum absolute atomic E-state index is 13.0. The summed E-state index contributed by atoms with van der Waals surface area (Å²) in [6, 6.07) is 8.05. The number of likely N-dealkylation sites (tertiary alicyclic amines) is 1. The third kappa shape index (κ3) is 4.93. The van der Waals surface area contributed by atoms with Gasteiger partial charge in [0, 0.05) is 24.1 Å². The highest BCUT2D eigenvalue weighted by molar-refractivity contribution is 5.81. The third-order valence-corrected chi connectivity index (χ3v) is 6.01. The number of piperidine rings is 1. The molecule has 2 aromatic heterocycles. The van der Waals surface area contributed by atoms with Gasteiger partial charge in [-0.1, -0.05) is 6.42 Å². The summed E-state index contributed by atoms with van der Waals surface area (Å²) in [5.41, 5.74) is 5.07. The molecular weight excluding hydrogens is 426 g/mol. The molecule has 0 aliphatic carbocycles. The van der Waals surface area contributed by atoms with E-state index in [1.807, 2.05) is 0 Å². The molecule has 1 aromatic carbocycles. The molecule has 9 nitrogen and oxygen atoms in total. The van der Waals surface area contributed by atoms with Gasteiger partial charge >= 0.3 is 0 Å². The first-order valence-electron chi connectivity index (χ1n) is 10.9. The van der Waals surface area contributed by atoms with Gasteiger partial charge in [0.05, 0.1) is 25.1 Å². The van der Waals surface area contributed by atoms with Gasteiger partial charge in [-0.3, -0.25) is 19.3 Å². The predicted molar refractivity (Wildman–Crippen MR) is 123 cm³/mol. The number of methoxy groups -OCH3 is 1. The molecule has 3 aromatic rings. The number of nitrogens with one attached hydrogen (secondary N) is 1. The molecule has 3 heterocycles. The van der Waals surface area contributed by atoms with Crippen molar-refractivity contribution in [2.45, 2.75) is 38.1 Å². The quantitative estimate of drug-likeness (QED) is 0.498. The molecule has 4 rings (SSSR count). The van der Waals surface area contributed by atoms with E-state index in [9.17, 15) is 19.5 Å². The molecular formula is C24H27N3O6. The maximum atomic E-state index is 13.0. The second kappa shape index (κ2) is 9.50. The molecule has 0 saturated carbocycles. The van der Waals surface area contributed by atoms with E-state index in [1.165, 1.54) is 19.6 Å². The van der Waals surface area contributed by atoms with E-state index in [1.54, 1.807) is 24.3 Å². The Morgan fingerprint density at radius 1 is 1.21 bits per heavy atom. The number of aromatic nitrogens is 1. The van der Waals surface area contributed by atoms with Crippen LogP contribution in [0.25, 0.3) is 10.9 Å². The number of aromatic hydroxyl groups is 1. The Hall–Kier alpha value is -3.59. The van der Waals surface area contributed by atoms with Crippen LogP contribution in [0.1, 0.15) is 48.7 Å². The van der Waals surface area contributed by atoms with Crippen LogP contribution >= 0.6 is 0 Å². The van der Waals surface area contributed by atoms with Crippen LogP contribution in [-0.4, -0.2) is 41.1 Å². The molecule has 0 bridgehead atoms. The summed E-state index contributed by atoms with van der Waals surface area (Å²) >= 11 is 0. The van der Waals surface area contributed by atoms with Gasteiger partial charge in [-0.05, 0) is 49.5 Å². The lowest BCUT2D eigenvalue weighted by atomic mass is 9.92. The van der Waals surface area contributed by atoms with Crippen molar-refractivity contribution < 1.29 is 19.1 Å². The number of nitrogens with zero attached hydrogens (tertiary/aromatic N) is 1. The largest absolute Gasteiger partial charge is 0.502 e. The Labute approximate surface area is 189 Å². The Balaban J connectivity index is 1.80. The van der Waals surface area contributed by atoms with Crippen LogP contribution < -0.4 is 21.5 Å². The summed E-state index contributed by atoms with van der Waals surface area (Å²) in [6.45, 7) is 2.18. The number of carbonyl (C=O) groups excluding carboxylic acids is 1. The Bertz CT molecular complexity index is 1290. The molecule has 174 valence electrons. The fourth-order valence-electron chi connectivity index (χ4n) is 4.33. The highest BCUT2D eigenvalue weighted by Gasteiger charge is 2.28. The van der Waals surface area contributed by atoms with Gasteiger partial charge in [0.15, 0.2) is 5.76 Å². The summed E-state index contributed by atoms with van der Waals surface area (Å²) in [5.74, 6) is -1.53. The lowest BCUT2D eigenvalue weighted by Gasteiger charge is -2.26. The number of fused-ring (bicyclic) bond motifs is 1. The average molecular weight is 453 g/mol. The van der Waals surface area contributed by atoms with Gasteiger partial charge in [0.25, 0.3) is 5.56 Å². The molecule has 4 N–H and O–H groups in total. The second-order valence-electron chi connectivity index (χ2n) is 8.36. The first-order chi connectivity index (χ1) is 15.9. The van der Waals surface area contributed by atoms with Gasteiger partial charge in [0.1, 0.15) is 11.5 Å². The van der Waals surface area contributed by atoms with E-state index in [0.717, 1.165) is 25.9 Å². The van der Waals surface area contributed by atoms with E-state index in [2.05, 4.69) is 9.88 Å². The van der Waals surface area contributed by atoms with Crippen molar-refractivity contribution in [3.63, 3.8) is 0 Å². The number of H-pyrrole nitrogens is 1. The van der Waals surface area contributed by atoms with Gasteiger partial charge < -0.3 is 25.0 Å². The minimum Gasteiger partial charge on any atom is -0.502 e. The van der Waals surface area contributed by atoms with Gasteiger partial charge in [-0.2, -0.15) is 0 Å². The minimum atomic E-state index is -1.02. The number of primary amides is 1. The molecule has 0 radical (unpaired) electrons. The summed E-state index contributed by atoms with van der Waals surface area (Å²) < 4.78 is 11.1. The van der Waals surface area contributed by atoms with Crippen molar-refractivity contribution >= 4 is 16.8 Å². The Morgan fingerprint density at radius 3 is 2.67 bits per heavy atom. The van der Waals surface area contributed by atoms with Crippen LogP contribution in [0.4, 0.5) is 0 Å². The molecule has 1 amide bonds. The fraction of sp³-hybridized carbons (Fsp3) is 0.375. The summed E-state index contributed by atoms with van der Waals surface area (Å²) in [4.78, 5) is 42.4. The number of amides is 1. The topological polar surface area (TPSA) is 139 Å². The van der Waals surface area contributed by atoms with Crippen LogP contribution in [0.2, 0.25) is 0 Å². The number of nitrogens with two attached hydrogens (primary N) is 1. The van der Waals surface area contributed by atoms with Gasteiger partial charge in [0.2, 0.25) is 17.1 Å². The zero-order valence-electron chi connectivity index (χ0n) is 18.4. The molecule has 0 unspecified atom stereocenters. The fourth-order valence-corrected chi connectivity index (χ4v) is 4.33. The van der Waals surface area contributed by atoms with Crippen LogP contribution in [0.5, 0.6) is 11.5 Å². The van der Waals surface area contributed by atoms with E-state index >= 15 is 0 Å². The van der Waals surface area contributed by atoms with Crippen LogP contribution in [0, 0.1) is 0 Å². The molecule has 1 saturated heterocycles. The number of hydrogen-bond donors (Lipinski definition) is 3. The smallest absolute Gasteiger partial charge is 0.252 e. The van der Waals surface area contributed by atoms with Crippen molar-refractivity contribution in [1.82, 2.24) is 9.88 Å². The number of benzene rings is 1. The van der Waals surface area contributed by atoms with Crippen molar-refractivity contribution in [2.24, 2.45) is 5.73 Å². The lowest BCUT2D eigenvalue weighted by molar-refractivity contribution is -0.118. The standard InChI is InChI=1S/C24H27N3O6/c1-32-15-6-5-14-9-18(24(31)26-19(14)10-15)17(12-21(25)29)23-22(30)20(28)11-16(33-23)13-27-7-3-2-4-8-27/h5-6,9-11,17,30H,2-4,7-8,12-13H2,1H3,(H2,25,29)(H,26,31)/t17-/m1/s1. The van der Waals surface area contributed by atoms with E-state index < -0.39 is 28.6 Å². The van der Waals surface area contributed by atoms with Crippen LogP contribution in [-0.2, 0) is 11.3 Å². The Kier molecular flexibility index (Phi) is 6.50. The zero-order valence-corrected chi connectivity index (χ0v) is 18.4. The number of carbonyl (C=O) groups is 1. The van der Waals surface area contributed by atoms with Gasteiger partial charge in [-0.15, -0.1) is 0 Å². The monoisotopic (exact) mass is 453 g/mol. The first-order valence-corrected chi connectivity index (χ1v) is 10.9. The first kappa shape index (κ1) is 22.6. The normalized spacial score (nSPS) is 15.4. The predicted octanol–water partition coefficient (Wildman–Crippen LogP) is 2.19.